The Morgan fingerprint density at radius 1 is 1.14 bits per heavy atom. The standard InChI is InChI=1S/C20H22N4O3S/c1-4-27-17-11-7-15(8-12-17)21-19(25)13(2)28-20-22-18(23-24-20)14-5-9-16(26-3)10-6-14/h5-13H,4H2,1-3H3,(H,21,25)(H,22,23,24)/t13-/m0/s1. The first-order valence-corrected chi connectivity index (χ1v) is 9.74. The highest BCUT2D eigenvalue weighted by Gasteiger charge is 2.17. The molecule has 1 heterocycles. The Morgan fingerprint density at radius 2 is 1.82 bits per heavy atom. The van der Waals surface area contributed by atoms with Crippen LogP contribution in [0.15, 0.2) is 53.7 Å². The molecule has 0 aliphatic rings. The Balaban J connectivity index is 1.58. The van der Waals surface area contributed by atoms with Gasteiger partial charge in [0.25, 0.3) is 0 Å². The molecule has 0 saturated heterocycles. The molecular formula is C20H22N4O3S. The number of hydrogen-bond acceptors (Lipinski definition) is 6. The van der Waals surface area contributed by atoms with Crippen molar-refractivity contribution in [2.45, 2.75) is 24.3 Å². The molecule has 28 heavy (non-hydrogen) atoms. The molecule has 3 rings (SSSR count). The summed E-state index contributed by atoms with van der Waals surface area (Å²) in [6.45, 7) is 4.35. The third kappa shape index (κ3) is 5.04. The number of ether oxygens (including phenoxy) is 2. The third-order valence-electron chi connectivity index (χ3n) is 3.91. The molecule has 8 heteroatoms. The molecule has 0 aliphatic carbocycles. The second-order valence-corrected chi connectivity index (χ2v) is 7.21. The summed E-state index contributed by atoms with van der Waals surface area (Å²) >= 11 is 1.29. The van der Waals surface area contributed by atoms with Crippen LogP contribution in [0.4, 0.5) is 5.69 Å². The van der Waals surface area contributed by atoms with E-state index in [-0.39, 0.29) is 11.2 Å². The maximum Gasteiger partial charge on any atom is 0.237 e. The monoisotopic (exact) mass is 398 g/mol. The molecule has 2 N–H and O–H groups in total. The van der Waals surface area contributed by atoms with Crippen LogP contribution in [0.3, 0.4) is 0 Å². The summed E-state index contributed by atoms with van der Waals surface area (Å²) in [5, 5.41) is 10.1. The zero-order valence-electron chi connectivity index (χ0n) is 15.9. The number of H-pyrrole nitrogens is 1. The molecule has 0 aliphatic heterocycles. The van der Waals surface area contributed by atoms with Crippen LogP contribution >= 0.6 is 11.8 Å². The minimum atomic E-state index is -0.355. The van der Waals surface area contributed by atoms with Crippen LogP contribution in [-0.2, 0) is 4.79 Å². The summed E-state index contributed by atoms with van der Waals surface area (Å²) in [7, 11) is 1.62. The average Bonchev–Trinajstić information content (AvgIpc) is 3.18. The Kier molecular flexibility index (Phi) is 6.54. The zero-order chi connectivity index (χ0) is 19.9. The molecule has 2 aromatic carbocycles. The van der Waals surface area contributed by atoms with Crippen LogP contribution in [-0.4, -0.2) is 40.1 Å². The molecule has 1 amide bonds. The first kappa shape index (κ1) is 19.8. The fourth-order valence-corrected chi connectivity index (χ4v) is 3.16. The van der Waals surface area contributed by atoms with Crippen molar-refractivity contribution in [2.24, 2.45) is 0 Å². The normalized spacial score (nSPS) is 11.7. The summed E-state index contributed by atoms with van der Waals surface area (Å²) in [6.07, 6.45) is 0. The van der Waals surface area contributed by atoms with Gasteiger partial charge >= 0.3 is 0 Å². The number of amides is 1. The average molecular weight is 398 g/mol. The second kappa shape index (κ2) is 9.27. The van der Waals surface area contributed by atoms with Gasteiger partial charge < -0.3 is 14.8 Å². The van der Waals surface area contributed by atoms with Crippen LogP contribution in [0.1, 0.15) is 13.8 Å². The van der Waals surface area contributed by atoms with Crippen molar-refractivity contribution >= 4 is 23.4 Å². The minimum Gasteiger partial charge on any atom is -0.497 e. The number of benzene rings is 2. The van der Waals surface area contributed by atoms with E-state index in [4.69, 9.17) is 9.47 Å². The van der Waals surface area contributed by atoms with Crippen molar-refractivity contribution < 1.29 is 14.3 Å². The summed E-state index contributed by atoms with van der Waals surface area (Å²) in [4.78, 5) is 16.9. The van der Waals surface area contributed by atoms with Gasteiger partial charge in [-0.1, -0.05) is 11.8 Å². The number of nitrogens with one attached hydrogen (secondary N) is 2. The number of carbonyl (C=O) groups is 1. The van der Waals surface area contributed by atoms with Gasteiger partial charge in [-0.2, -0.15) is 0 Å². The number of carbonyl (C=O) groups excluding carboxylic acids is 1. The van der Waals surface area contributed by atoms with E-state index < -0.39 is 0 Å². The molecule has 0 unspecified atom stereocenters. The number of thioether (sulfide) groups is 1. The molecule has 146 valence electrons. The van der Waals surface area contributed by atoms with E-state index in [0.29, 0.717) is 17.6 Å². The van der Waals surface area contributed by atoms with Gasteiger partial charge in [0, 0.05) is 11.3 Å². The van der Waals surface area contributed by atoms with Crippen molar-refractivity contribution in [3.63, 3.8) is 0 Å². The molecular weight excluding hydrogens is 376 g/mol. The van der Waals surface area contributed by atoms with Gasteiger partial charge in [-0.15, -0.1) is 5.10 Å². The van der Waals surface area contributed by atoms with Crippen LogP contribution in [0, 0.1) is 0 Å². The fraction of sp³-hybridized carbons (Fsp3) is 0.250. The van der Waals surface area contributed by atoms with Crippen molar-refractivity contribution in [2.75, 3.05) is 19.0 Å². The highest BCUT2D eigenvalue weighted by molar-refractivity contribution is 8.00. The van der Waals surface area contributed by atoms with Crippen LogP contribution in [0.5, 0.6) is 11.5 Å². The molecule has 0 saturated carbocycles. The Hall–Kier alpha value is -3.00. The number of rotatable bonds is 8. The SMILES string of the molecule is CCOc1ccc(NC(=O)[C@H](C)Sc2n[nH]c(-c3ccc(OC)cc3)n2)cc1. The Morgan fingerprint density at radius 3 is 2.46 bits per heavy atom. The lowest BCUT2D eigenvalue weighted by Gasteiger charge is -2.10. The number of hydrogen-bond donors (Lipinski definition) is 2. The van der Waals surface area contributed by atoms with E-state index in [2.05, 4.69) is 20.5 Å². The van der Waals surface area contributed by atoms with Gasteiger partial charge in [0.2, 0.25) is 11.1 Å². The summed E-state index contributed by atoms with van der Waals surface area (Å²) in [6, 6.07) is 14.8. The largest absolute Gasteiger partial charge is 0.497 e. The third-order valence-corrected chi connectivity index (χ3v) is 4.87. The molecule has 1 aromatic heterocycles. The topological polar surface area (TPSA) is 89.1 Å². The summed E-state index contributed by atoms with van der Waals surface area (Å²) < 4.78 is 10.6. The lowest BCUT2D eigenvalue weighted by molar-refractivity contribution is -0.115. The zero-order valence-corrected chi connectivity index (χ0v) is 16.7. The van der Waals surface area contributed by atoms with Crippen molar-refractivity contribution in [1.82, 2.24) is 15.2 Å². The highest BCUT2D eigenvalue weighted by Crippen LogP contribution is 2.25. The number of aromatic nitrogens is 3. The van der Waals surface area contributed by atoms with E-state index in [1.54, 1.807) is 7.11 Å². The molecule has 0 bridgehead atoms. The van der Waals surface area contributed by atoms with Crippen LogP contribution < -0.4 is 14.8 Å². The smallest absolute Gasteiger partial charge is 0.237 e. The summed E-state index contributed by atoms with van der Waals surface area (Å²) in [5.41, 5.74) is 1.61. The molecule has 0 spiro atoms. The lowest BCUT2D eigenvalue weighted by Crippen LogP contribution is -2.22. The first-order chi connectivity index (χ1) is 13.6. The minimum absolute atomic E-state index is 0.120. The molecule has 1 atom stereocenters. The van der Waals surface area contributed by atoms with Gasteiger partial charge in [-0.05, 0) is 62.4 Å². The fourth-order valence-electron chi connectivity index (χ4n) is 2.43. The predicted octanol–water partition coefficient (Wildman–Crippen LogP) is 4.00. The predicted molar refractivity (Wildman–Crippen MR) is 110 cm³/mol. The van der Waals surface area contributed by atoms with Crippen molar-refractivity contribution in [3.05, 3.63) is 48.5 Å². The van der Waals surface area contributed by atoms with Crippen LogP contribution in [0.25, 0.3) is 11.4 Å². The number of nitrogens with zero attached hydrogens (tertiary/aromatic N) is 2. The lowest BCUT2D eigenvalue weighted by atomic mass is 10.2. The number of methoxy groups -OCH3 is 1. The van der Waals surface area contributed by atoms with E-state index in [1.807, 2.05) is 62.4 Å². The Labute approximate surface area is 167 Å². The number of aromatic amines is 1. The number of anilines is 1. The second-order valence-electron chi connectivity index (χ2n) is 5.90. The molecule has 0 radical (unpaired) electrons. The van der Waals surface area contributed by atoms with E-state index >= 15 is 0 Å². The van der Waals surface area contributed by atoms with Crippen molar-refractivity contribution in [3.8, 4) is 22.9 Å². The van der Waals surface area contributed by atoms with Crippen molar-refractivity contribution in [1.29, 1.82) is 0 Å². The first-order valence-electron chi connectivity index (χ1n) is 8.86. The molecule has 7 nitrogen and oxygen atoms in total. The van der Waals surface area contributed by atoms with E-state index in [1.165, 1.54) is 11.8 Å². The van der Waals surface area contributed by atoms with E-state index in [0.717, 1.165) is 22.7 Å². The Bertz CT molecular complexity index is 910. The molecule has 3 aromatic rings. The van der Waals surface area contributed by atoms with Gasteiger partial charge in [0.05, 0.1) is 19.0 Å². The van der Waals surface area contributed by atoms with Gasteiger partial charge in [-0.25, -0.2) is 4.98 Å². The van der Waals surface area contributed by atoms with Crippen LogP contribution in [0.2, 0.25) is 0 Å². The highest BCUT2D eigenvalue weighted by atomic mass is 32.2. The molecule has 0 fully saturated rings. The van der Waals surface area contributed by atoms with E-state index in [9.17, 15) is 4.79 Å². The van der Waals surface area contributed by atoms with Gasteiger partial charge in [0.1, 0.15) is 11.5 Å². The quantitative estimate of drug-likeness (QED) is 0.558. The van der Waals surface area contributed by atoms with Gasteiger partial charge in [-0.3, -0.25) is 9.89 Å². The van der Waals surface area contributed by atoms with Gasteiger partial charge in [0.15, 0.2) is 5.82 Å². The maximum atomic E-state index is 12.4. The maximum absolute atomic E-state index is 12.4. The summed E-state index contributed by atoms with van der Waals surface area (Å²) in [5.74, 6) is 2.07.